The fourth-order valence-electron chi connectivity index (χ4n) is 2.23. The van der Waals surface area contributed by atoms with E-state index in [4.69, 9.17) is 0 Å². The van der Waals surface area contributed by atoms with Gasteiger partial charge in [0, 0.05) is 12.1 Å². The molecule has 26 heavy (non-hydrogen) atoms. The molecule has 9 nitrogen and oxygen atoms in total. The first-order chi connectivity index (χ1) is 12.5. The zero-order chi connectivity index (χ0) is 18.7. The average molecular weight is 360 g/mol. The number of nitro groups is 1. The van der Waals surface area contributed by atoms with Crippen molar-refractivity contribution in [2.75, 3.05) is 5.32 Å². The minimum absolute atomic E-state index is 0.163. The van der Waals surface area contributed by atoms with Crippen molar-refractivity contribution in [3.63, 3.8) is 0 Å². The highest BCUT2D eigenvalue weighted by Gasteiger charge is 2.25. The summed E-state index contributed by atoms with van der Waals surface area (Å²) in [6.07, 6.45) is 0.612. The number of hydrogen-bond donors (Lipinski definition) is 1. The van der Waals surface area contributed by atoms with Crippen LogP contribution in [0.4, 0.5) is 20.2 Å². The second kappa shape index (κ2) is 7.01. The van der Waals surface area contributed by atoms with Gasteiger partial charge in [0.2, 0.25) is 0 Å². The molecule has 3 aromatic rings. The van der Waals surface area contributed by atoms with Crippen LogP contribution in [-0.4, -0.2) is 30.8 Å². The Bertz CT molecular complexity index is 944. The van der Waals surface area contributed by atoms with Crippen LogP contribution in [0.5, 0.6) is 0 Å². The van der Waals surface area contributed by atoms with Crippen molar-refractivity contribution in [3.8, 4) is 5.69 Å². The molecule has 0 fully saturated rings. The van der Waals surface area contributed by atoms with Crippen LogP contribution in [0.2, 0.25) is 0 Å². The van der Waals surface area contributed by atoms with E-state index in [1.807, 2.05) is 0 Å². The SMILES string of the molecule is O=C(Nc1ccnnc1)c1cnn(-c2ccc([N+](=O)[O-])cc2)c1C(F)F. The van der Waals surface area contributed by atoms with E-state index in [1.54, 1.807) is 0 Å². The predicted octanol–water partition coefficient (Wildman–Crippen LogP) is 2.76. The zero-order valence-corrected chi connectivity index (χ0v) is 12.9. The van der Waals surface area contributed by atoms with Crippen molar-refractivity contribution in [1.29, 1.82) is 0 Å². The molecule has 3 rings (SSSR count). The van der Waals surface area contributed by atoms with Gasteiger partial charge in [-0.25, -0.2) is 13.5 Å². The molecule has 0 saturated carbocycles. The molecular formula is C15H10F2N6O3. The van der Waals surface area contributed by atoms with Crippen molar-refractivity contribution in [2.45, 2.75) is 6.43 Å². The first-order valence-electron chi connectivity index (χ1n) is 7.16. The summed E-state index contributed by atoms with van der Waals surface area (Å²) >= 11 is 0. The number of nitro benzene ring substituents is 1. The van der Waals surface area contributed by atoms with E-state index < -0.39 is 22.9 Å². The van der Waals surface area contributed by atoms with E-state index in [0.29, 0.717) is 0 Å². The van der Waals surface area contributed by atoms with Gasteiger partial charge in [0.1, 0.15) is 5.69 Å². The van der Waals surface area contributed by atoms with E-state index in [1.165, 1.54) is 30.6 Å². The Morgan fingerprint density at radius 2 is 1.88 bits per heavy atom. The molecule has 0 aliphatic heterocycles. The van der Waals surface area contributed by atoms with Crippen molar-refractivity contribution >= 4 is 17.3 Å². The molecule has 1 amide bonds. The van der Waals surface area contributed by atoms with Gasteiger partial charge in [-0.05, 0) is 18.2 Å². The van der Waals surface area contributed by atoms with Crippen molar-refractivity contribution < 1.29 is 18.5 Å². The molecule has 0 atom stereocenters. The molecule has 0 bridgehead atoms. The van der Waals surface area contributed by atoms with Gasteiger partial charge in [0.25, 0.3) is 18.0 Å². The molecule has 2 aromatic heterocycles. The Labute approximate surface area is 144 Å². The second-order valence-electron chi connectivity index (χ2n) is 5.01. The van der Waals surface area contributed by atoms with Crippen LogP contribution in [-0.2, 0) is 0 Å². The zero-order valence-electron chi connectivity index (χ0n) is 12.9. The molecule has 0 spiro atoms. The Balaban J connectivity index is 1.96. The summed E-state index contributed by atoms with van der Waals surface area (Å²) in [7, 11) is 0. The summed E-state index contributed by atoms with van der Waals surface area (Å²) < 4.78 is 28.0. The van der Waals surface area contributed by atoms with Crippen LogP contribution in [0.3, 0.4) is 0 Å². The maximum atomic E-state index is 13.5. The van der Waals surface area contributed by atoms with E-state index in [-0.39, 0.29) is 22.6 Å². The topological polar surface area (TPSA) is 116 Å². The monoisotopic (exact) mass is 360 g/mol. The van der Waals surface area contributed by atoms with Crippen molar-refractivity contribution in [1.82, 2.24) is 20.0 Å². The Morgan fingerprint density at radius 1 is 1.15 bits per heavy atom. The number of rotatable bonds is 5. The summed E-state index contributed by atoms with van der Waals surface area (Å²) in [5.41, 5.74) is -0.694. The third-order valence-electron chi connectivity index (χ3n) is 3.40. The van der Waals surface area contributed by atoms with E-state index in [9.17, 15) is 23.7 Å². The maximum absolute atomic E-state index is 13.5. The molecule has 0 radical (unpaired) electrons. The summed E-state index contributed by atoms with van der Waals surface area (Å²) in [6, 6.07) is 6.31. The quantitative estimate of drug-likeness (QED) is 0.552. The molecule has 1 aromatic carbocycles. The number of amides is 1. The lowest BCUT2D eigenvalue weighted by Gasteiger charge is -2.09. The minimum Gasteiger partial charge on any atom is -0.320 e. The highest BCUT2D eigenvalue weighted by atomic mass is 19.3. The van der Waals surface area contributed by atoms with E-state index >= 15 is 0 Å². The first-order valence-corrected chi connectivity index (χ1v) is 7.16. The number of nitrogens with zero attached hydrogens (tertiary/aromatic N) is 5. The maximum Gasteiger partial charge on any atom is 0.281 e. The molecule has 0 saturated heterocycles. The lowest BCUT2D eigenvalue weighted by atomic mass is 10.2. The molecule has 132 valence electrons. The molecule has 0 unspecified atom stereocenters. The third-order valence-corrected chi connectivity index (χ3v) is 3.40. The Hall–Kier alpha value is -3.76. The lowest BCUT2D eigenvalue weighted by Crippen LogP contribution is -2.15. The fourth-order valence-corrected chi connectivity index (χ4v) is 2.23. The number of carbonyl (C=O) groups excluding carboxylic acids is 1. The summed E-state index contributed by atoms with van der Waals surface area (Å²) in [5.74, 6) is -0.790. The highest BCUT2D eigenvalue weighted by Crippen LogP contribution is 2.27. The van der Waals surface area contributed by atoms with Gasteiger partial charge in [0.15, 0.2) is 0 Å². The molecule has 1 N–H and O–H groups in total. The normalized spacial score (nSPS) is 10.7. The molecule has 0 aliphatic rings. The van der Waals surface area contributed by atoms with Gasteiger partial charge < -0.3 is 5.32 Å². The van der Waals surface area contributed by atoms with Crippen LogP contribution in [0.1, 0.15) is 22.5 Å². The van der Waals surface area contributed by atoms with Crippen molar-refractivity contribution in [2.24, 2.45) is 0 Å². The van der Waals surface area contributed by atoms with E-state index in [0.717, 1.165) is 23.0 Å². The number of nitrogens with one attached hydrogen (secondary N) is 1. The number of halogens is 2. The van der Waals surface area contributed by atoms with Crippen molar-refractivity contribution in [3.05, 3.63) is 70.3 Å². The Morgan fingerprint density at radius 3 is 2.46 bits per heavy atom. The molecule has 2 heterocycles. The van der Waals surface area contributed by atoms with Gasteiger partial charge in [-0.1, -0.05) is 0 Å². The third kappa shape index (κ3) is 3.36. The first kappa shape index (κ1) is 17.1. The lowest BCUT2D eigenvalue weighted by molar-refractivity contribution is -0.384. The number of non-ortho nitro benzene ring substituents is 1. The number of aromatic nitrogens is 4. The van der Waals surface area contributed by atoms with Gasteiger partial charge in [-0.3, -0.25) is 14.9 Å². The Kier molecular flexibility index (Phi) is 4.60. The molecule has 0 aliphatic carbocycles. The largest absolute Gasteiger partial charge is 0.320 e. The predicted molar refractivity (Wildman–Crippen MR) is 85.2 cm³/mol. The number of benzene rings is 1. The van der Waals surface area contributed by atoms with Gasteiger partial charge in [-0.15, -0.1) is 0 Å². The smallest absolute Gasteiger partial charge is 0.281 e. The van der Waals surface area contributed by atoms with Gasteiger partial charge in [-0.2, -0.15) is 15.3 Å². The molecular weight excluding hydrogens is 350 g/mol. The van der Waals surface area contributed by atoms with Gasteiger partial charge in [0.05, 0.1) is 40.5 Å². The number of alkyl halides is 2. The summed E-state index contributed by atoms with van der Waals surface area (Å²) in [4.78, 5) is 22.4. The summed E-state index contributed by atoms with van der Waals surface area (Å²) in [6.45, 7) is 0. The molecule has 11 heteroatoms. The van der Waals surface area contributed by atoms with Crippen LogP contribution in [0, 0.1) is 10.1 Å². The number of carbonyl (C=O) groups is 1. The number of anilines is 1. The van der Waals surface area contributed by atoms with Gasteiger partial charge >= 0.3 is 0 Å². The summed E-state index contributed by atoms with van der Waals surface area (Å²) in [5, 5.41) is 24.1. The average Bonchev–Trinajstić information content (AvgIpc) is 3.08. The highest BCUT2D eigenvalue weighted by molar-refractivity contribution is 6.05. The standard InChI is InChI=1S/C15H10F2N6O3/c16-14(17)13-12(15(24)21-9-5-6-18-19-7-9)8-20-22(13)10-1-3-11(4-2-10)23(25)26/h1-8,14H,(H,18,21,24). The minimum atomic E-state index is -3.00. The van der Waals surface area contributed by atoms with Crippen LogP contribution < -0.4 is 5.32 Å². The van der Waals surface area contributed by atoms with Crippen LogP contribution in [0.25, 0.3) is 5.69 Å². The van der Waals surface area contributed by atoms with Crippen LogP contribution in [0.15, 0.2) is 48.9 Å². The second-order valence-corrected chi connectivity index (χ2v) is 5.01. The van der Waals surface area contributed by atoms with E-state index in [2.05, 4.69) is 20.6 Å². The van der Waals surface area contributed by atoms with Crippen LogP contribution >= 0.6 is 0 Å². The number of hydrogen-bond acceptors (Lipinski definition) is 6. The fraction of sp³-hybridized carbons (Fsp3) is 0.0667.